The van der Waals surface area contributed by atoms with Crippen molar-refractivity contribution in [3.05, 3.63) is 22.7 Å². The second-order valence-corrected chi connectivity index (χ2v) is 7.31. The number of hydrogen-bond donors (Lipinski definition) is 2. The van der Waals surface area contributed by atoms with E-state index in [9.17, 15) is 8.42 Å². The normalized spacial score (nSPS) is 22.6. The van der Waals surface area contributed by atoms with Crippen LogP contribution in [-0.2, 0) is 19.5 Å². The van der Waals surface area contributed by atoms with E-state index in [1.807, 2.05) is 0 Å². The Morgan fingerprint density at radius 2 is 2.24 bits per heavy atom. The summed E-state index contributed by atoms with van der Waals surface area (Å²) >= 11 is 5.99. The highest BCUT2D eigenvalue weighted by Crippen LogP contribution is 2.27. The van der Waals surface area contributed by atoms with Gasteiger partial charge in [0.1, 0.15) is 5.60 Å². The van der Waals surface area contributed by atoms with E-state index >= 15 is 0 Å². The number of methoxy groups -OCH3 is 1. The Morgan fingerprint density at radius 1 is 1.52 bits per heavy atom. The van der Waals surface area contributed by atoms with Crippen LogP contribution in [0, 0.1) is 6.92 Å². The Kier molecular flexibility index (Phi) is 4.79. The molecule has 2 rings (SSSR count). The summed E-state index contributed by atoms with van der Waals surface area (Å²) in [6.45, 7) is 2.79. The third-order valence-electron chi connectivity index (χ3n) is 3.75. The minimum atomic E-state index is -3.71. The highest BCUT2D eigenvalue weighted by Gasteiger charge is 2.36. The van der Waals surface area contributed by atoms with Crippen molar-refractivity contribution >= 4 is 27.3 Å². The Labute approximate surface area is 129 Å². The first-order valence-corrected chi connectivity index (χ1v) is 8.34. The highest BCUT2D eigenvalue weighted by molar-refractivity contribution is 7.89. The minimum absolute atomic E-state index is 0.0424. The Balaban J connectivity index is 2.19. The van der Waals surface area contributed by atoms with Gasteiger partial charge in [-0.2, -0.15) is 0 Å². The van der Waals surface area contributed by atoms with Crippen LogP contribution in [0.1, 0.15) is 12.0 Å². The molecule has 21 heavy (non-hydrogen) atoms. The number of ether oxygens (including phenoxy) is 2. The van der Waals surface area contributed by atoms with Crippen molar-refractivity contribution in [3.63, 3.8) is 0 Å². The summed E-state index contributed by atoms with van der Waals surface area (Å²) in [6.07, 6.45) is 0.642. The molecule has 8 heteroatoms. The summed E-state index contributed by atoms with van der Waals surface area (Å²) in [6, 6.07) is 2.79. The quantitative estimate of drug-likeness (QED) is 0.792. The number of nitrogens with one attached hydrogen (secondary N) is 1. The lowest BCUT2D eigenvalue weighted by atomic mass is 10.0. The maximum Gasteiger partial charge on any atom is 0.240 e. The molecule has 118 valence electrons. The van der Waals surface area contributed by atoms with Crippen molar-refractivity contribution < 1.29 is 17.9 Å². The van der Waals surface area contributed by atoms with Crippen molar-refractivity contribution in [2.24, 2.45) is 0 Å². The van der Waals surface area contributed by atoms with Crippen molar-refractivity contribution in [2.75, 3.05) is 32.6 Å². The van der Waals surface area contributed by atoms with Crippen molar-refractivity contribution in [3.8, 4) is 0 Å². The Hall–Kier alpha value is -0.860. The van der Waals surface area contributed by atoms with E-state index in [4.69, 9.17) is 26.8 Å². The van der Waals surface area contributed by atoms with Gasteiger partial charge in [-0.25, -0.2) is 13.1 Å². The summed E-state index contributed by atoms with van der Waals surface area (Å²) in [5, 5.41) is 0.320. The molecule has 1 aliphatic rings. The molecule has 1 unspecified atom stereocenters. The van der Waals surface area contributed by atoms with E-state index in [1.165, 1.54) is 12.1 Å². The molecule has 1 aromatic rings. The van der Waals surface area contributed by atoms with Crippen LogP contribution in [-0.4, -0.2) is 40.9 Å². The zero-order valence-electron chi connectivity index (χ0n) is 12.0. The molecule has 1 saturated heterocycles. The summed E-state index contributed by atoms with van der Waals surface area (Å²) in [4.78, 5) is 0.0424. The van der Waals surface area contributed by atoms with Gasteiger partial charge >= 0.3 is 0 Å². The molecule has 0 spiro atoms. The maximum atomic E-state index is 12.3. The average molecular weight is 335 g/mol. The molecule has 6 nitrogen and oxygen atoms in total. The third-order valence-corrected chi connectivity index (χ3v) is 5.53. The van der Waals surface area contributed by atoms with Gasteiger partial charge in [0.25, 0.3) is 0 Å². The lowest BCUT2D eigenvalue weighted by Crippen LogP contribution is -2.44. The number of halogens is 1. The van der Waals surface area contributed by atoms with Gasteiger partial charge in [-0.1, -0.05) is 11.6 Å². The Bertz CT molecular complexity index is 604. The lowest BCUT2D eigenvalue weighted by Gasteiger charge is -2.25. The number of anilines is 1. The van der Waals surface area contributed by atoms with Crippen molar-refractivity contribution in [1.82, 2.24) is 4.72 Å². The lowest BCUT2D eigenvalue weighted by molar-refractivity contribution is -0.0120. The van der Waals surface area contributed by atoms with Gasteiger partial charge in [0.2, 0.25) is 10.0 Å². The van der Waals surface area contributed by atoms with Crippen LogP contribution in [0.5, 0.6) is 0 Å². The molecule has 1 aliphatic heterocycles. The molecule has 1 aromatic carbocycles. The largest absolute Gasteiger partial charge is 0.398 e. The molecular weight excluding hydrogens is 316 g/mol. The molecule has 1 fully saturated rings. The second kappa shape index (κ2) is 6.10. The summed E-state index contributed by atoms with van der Waals surface area (Å²) < 4.78 is 37.9. The zero-order valence-corrected chi connectivity index (χ0v) is 13.6. The van der Waals surface area contributed by atoms with Gasteiger partial charge in [-0.15, -0.1) is 0 Å². The molecule has 0 bridgehead atoms. The molecule has 0 amide bonds. The molecular formula is C13H19ClN2O4S. The smallest absolute Gasteiger partial charge is 0.240 e. The van der Waals surface area contributed by atoms with Crippen molar-refractivity contribution in [1.29, 1.82) is 0 Å². The first-order valence-electron chi connectivity index (χ1n) is 6.48. The van der Waals surface area contributed by atoms with Gasteiger partial charge in [0.05, 0.1) is 11.5 Å². The van der Waals surface area contributed by atoms with E-state index < -0.39 is 15.6 Å². The number of nitrogens with two attached hydrogens (primary N) is 1. The third kappa shape index (κ3) is 3.49. The molecule has 0 radical (unpaired) electrons. The van der Waals surface area contributed by atoms with E-state index in [0.29, 0.717) is 35.9 Å². The molecule has 0 aliphatic carbocycles. The van der Waals surface area contributed by atoms with Crippen LogP contribution >= 0.6 is 11.6 Å². The maximum absolute atomic E-state index is 12.3. The van der Waals surface area contributed by atoms with Gasteiger partial charge in [0.15, 0.2) is 0 Å². The molecule has 0 saturated carbocycles. The highest BCUT2D eigenvalue weighted by atomic mass is 35.5. The van der Waals surface area contributed by atoms with E-state index in [1.54, 1.807) is 14.0 Å². The number of hydrogen-bond acceptors (Lipinski definition) is 5. The van der Waals surface area contributed by atoms with Crippen LogP contribution in [0.25, 0.3) is 0 Å². The van der Waals surface area contributed by atoms with Gasteiger partial charge in [-0.3, -0.25) is 0 Å². The van der Waals surface area contributed by atoms with Crippen molar-refractivity contribution in [2.45, 2.75) is 23.8 Å². The first-order chi connectivity index (χ1) is 9.80. The van der Waals surface area contributed by atoms with E-state index in [-0.39, 0.29) is 11.4 Å². The zero-order chi connectivity index (χ0) is 15.7. The fourth-order valence-electron chi connectivity index (χ4n) is 2.10. The number of rotatable bonds is 5. The predicted octanol–water partition coefficient (Wildman–Crippen LogP) is 1.31. The number of sulfonamides is 1. The SMILES string of the molecule is COC1(CNS(=O)(=O)c2cc(N)c(C)c(Cl)c2)CCOC1. The van der Waals surface area contributed by atoms with Gasteiger partial charge in [0, 0.05) is 37.4 Å². The van der Waals surface area contributed by atoms with Gasteiger partial charge in [-0.05, 0) is 24.6 Å². The molecule has 1 heterocycles. The summed E-state index contributed by atoms with van der Waals surface area (Å²) in [5.41, 5.74) is 6.15. The average Bonchev–Trinajstić information content (AvgIpc) is 2.92. The first kappa shape index (κ1) is 16.5. The minimum Gasteiger partial charge on any atom is -0.398 e. The molecule has 1 atom stereocenters. The molecule has 3 N–H and O–H groups in total. The van der Waals surface area contributed by atoms with Crippen LogP contribution in [0.15, 0.2) is 17.0 Å². The fraction of sp³-hybridized carbons (Fsp3) is 0.538. The fourth-order valence-corrected chi connectivity index (χ4v) is 3.57. The van der Waals surface area contributed by atoms with E-state index in [2.05, 4.69) is 4.72 Å². The predicted molar refractivity (Wildman–Crippen MR) is 81.0 cm³/mol. The Morgan fingerprint density at radius 3 is 2.76 bits per heavy atom. The van der Waals surface area contributed by atoms with Crippen LogP contribution in [0.2, 0.25) is 5.02 Å². The number of benzene rings is 1. The number of nitrogen functional groups attached to an aromatic ring is 1. The van der Waals surface area contributed by atoms with E-state index in [0.717, 1.165) is 0 Å². The second-order valence-electron chi connectivity index (χ2n) is 5.13. The van der Waals surface area contributed by atoms with Crippen LogP contribution in [0.3, 0.4) is 0 Å². The standard InChI is InChI=1S/C13H19ClN2O4S/c1-9-11(14)5-10(6-12(9)15)21(17,18)16-7-13(19-2)3-4-20-8-13/h5-6,16H,3-4,7-8,15H2,1-2H3. The van der Waals surface area contributed by atoms with Crippen LogP contribution < -0.4 is 10.5 Å². The topological polar surface area (TPSA) is 90.7 Å². The van der Waals surface area contributed by atoms with Gasteiger partial charge < -0.3 is 15.2 Å². The van der Waals surface area contributed by atoms with Crippen LogP contribution in [0.4, 0.5) is 5.69 Å². The monoisotopic (exact) mass is 334 g/mol. The summed E-state index contributed by atoms with van der Waals surface area (Å²) in [5.74, 6) is 0. The summed E-state index contributed by atoms with van der Waals surface area (Å²) in [7, 11) is -2.16. The molecule has 0 aromatic heterocycles.